The standard InChI is InChI=1S/C17H34N2/c1-3-11-18-16-8-5-9-17(14-16)19-12-6-7-15(4-2)10-13-19/h15-18H,3-14H2,1-2H3. The first-order valence-electron chi connectivity index (χ1n) is 8.80. The average Bonchev–Trinajstić information content (AvgIpc) is 2.71. The first-order valence-corrected chi connectivity index (χ1v) is 8.80. The summed E-state index contributed by atoms with van der Waals surface area (Å²) in [5.41, 5.74) is 0. The van der Waals surface area contributed by atoms with Crippen molar-refractivity contribution in [3.8, 4) is 0 Å². The Labute approximate surface area is 120 Å². The van der Waals surface area contributed by atoms with Crippen LogP contribution in [0.5, 0.6) is 0 Å². The fourth-order valence-electron chi connectivity index (χ4n) is 3.99. The zero-order chi connectivity index (χ0) is 13.5. The summed E-state index contributed by atoms with van der Waals surface area (Å²) < 4.78 is 0. The smallest absolute Gasteiger partial charge is 0.0110 e. The second kappa shape index (κ2) is 8.26. The molecule has 3 atom stereocenters. The van der Waals surface area contributed by atoms with Gasteiger partial charge in [-0.2, -0.15) is 0 Å². The van der Waals surface area contributed by atoms with Gasteiger partial charge < -0.3 is 10.2 Å². The van der Waals surface area contributed by atoms with Gasteiger partial charge in [-0.1, -0.05) is 26.7 Å². The van der Waals surface area contributed by atoms with E-state index < -0.39 is 0 Å². The van der Waals surface area contributed by atoms with Crippen molar-refractivity contribution in [2.45, 2.75) is 83.7 Å². The van der Waals surface area contributed by atoms with Gasteiger partial charge in [0.15, 0.2) is 0 Å². The molecule has 1 aliphatic carbocycles. The average molecular weight is 266 g/mol. The molecule has 0 aromatic carbocycles. The van der Waals surface area contributed by atoms with Crippen LogP contribution in [0.15, 0.2) is 0 Å². The van der Waals surface area contributed by atoms with Crippen molar-refractivity contribution in [3.05, 3.63) is 0 Å². The van der Waals surface area contributed by atoms with Crippen molar-refractivity contribution < 1.29 is 0 Å². The van der Waals surface area contributed by atoms with Gasteiger partial charge in [0.05, 0.1) is 0 Å². The Kier molecular flexibility index (Phi) is 6.66. The van der Waals surface area contributed by atoms with Crippen LogP contribution in [-0.4, -0.2) is 36.6 Å². The predicted octanol–water partition coefficient (Wildman–Crippen LogP) is 3.81. The Morgan fingerprint density at radius 3 is 2.68 bits per heavy atom. The molecule has 0 aromatic heterocycles. The van der Waals surface area contributed by atoms with Crippen LogP contribution in [0.1, 0.15) is 71.6 Å². The molecule has 0 spiro atoms. The molecule has 112 valence electrons. The molecule has 1 heterocycles. The fraction of sp³-hybridized carbons (Fsp3) is 1.00. The van der Waals surface area contributed by atoms with E-state index in [4.69, 9.17) is 0 Å². The van der Waals surface area contributed by atoms with E-state index in [9.17, 15) is 0 Å². The summed E-state index contributed by atoms with van der Waals surface area (Å²) in [6.45, 7) is 8.57. The molecule has 0 bridgehead atoms. The maximum Gasteiger partial charge on any atom is 0.0110 e. The highest BCUT2D eigenvalue weighted by atomic mass is 15.2. The Hall–Kier alpha value is -0.0800. The van der Waals surface area contributed by atoms with Crippen LogP contribution < -0.4 is 5.32 Å². The van der Waals surface area contributed by atoms with Gasteiger partial charge in [-0.15, -0.1) is 0 Å². The van der Waals surface area contributed by atoms with Gasteiger partial charge in [-0.3, -0.25) is 0 Å². The lowest BCUT2D eigenvalue weighted by atomic mass is 9.89. The van der Waals surface area contributed by atoms with E-state index in [2.05, 4.69) is 24.1 Å². The number of hydrogen-bond acceptors (Lipinski definition) is 2. The van der Waals surface area contributed by atoms with Crippen molar-refractivity contribution in [1.82, 2.24) is 10.2 Å². The molecule has 2 aliphatic rings. The van der Waals surface area contributed by atoms with Crippen molar-refractivity contribution in [1.29, 1.82) is 0 Å². The monoisotopic (exact) mass is 266 g/mol. The van der Waals surface area contributed by atoms with Gasteiger partial charge >= 0.3 is 0 Å². The predicted molar refractivity (Wildman–Crippen MR) is 83.5 cm³/mol. The van der Waals surface area contributed by atoms with Crippen molar-refractivity contribution in [3.63, 3.8) is 0 Å². The van der Waals surface area contributed by atoms with E-state index >= 15 is 0 Å². The molecule has 2 fully saturated rings. The molecule has 19 heavy (non-hydrogen) atoms. The van der Waals surface area contributed by atoms with Crippen LogP contribution in [-0.2, 0) is 0 Å². The molecule has 1 aliphatic heterocycles. The van der Waals surface area contributed by atoms with Gasteiger partial charge in [-0.25, -0.2) is 0 Å². The van der Waals surface area contributed by atoms with Gasteiger partial charge in [0.2, 0.25) is 0 Å². The van der Waals surface area contributed by atoms with Crippen LogP contribution >= 0.6 is 0 Å². The lowest BCUT2D eigenvalue weighted by Gasteiger charge is -2.37. The first-order chi connectivity index (χ1) is 9.33. The summed E-state index contributed by atoms with van der Waals surface area (Å²) in [5.74, 6) is 1.00. The van der Waals surface area contributed by atoms with Crippen molar-refractivity contribution in [2.75, 3.05) is 19.6 Å². The summed E-state index contributed by atoms with van der Waals surface area (Å²) >= 11 is 0. The van der Waals surface area contributed by atoms with Crippen LogP contribution in [0.3, 0.4) is 0 Å². The number of nitrogens with one attached hydrogen (secondary N) is 1. The Bertz CT molecular complexity index is 241. The summed E-state index contributed by atoms with van der Waals surface area (Å²) in [4.78, 5) is 2.83. The molecule has 2 rings (SSSR count). The van der Waals surface area contributed by atoms with Gasteiger partial charge in [0, 0.05) is 12.1 Å². The molecule has 3 unspecified atom stereocenters. The van der Waals surface area contributed by atoms with Crippen LogP contribution in [0.25, 0.3) is 0 Å². The van der Waals surface area contributed by atoms with Gasteiger partial charge in [-0.05, 0) is 70.5 Å². The molecule has 2 nitrogen and oxygen atoms in total. The molecule has 1 N–H and O–H groups in total. The van der Waals surface area contributed by atoms with Crippen LogP contribution in [0.2, 0.25) is 0 Å². The van der Waals surface area contributed by atoms with E-state index in [0.717, 1.165) is 18.0 Å². The highest BCUT2D eigenvalue weighted by Gasteiger charge is 2.27. The minimum Gasteiger partial charge on any atom is -0.314 e. The molecular weight excluding hydrogens is 232 g/mol. The molecule has 0 amide bonds. The summed E-state index contributed by atoms with van der Waals surface area (Å²) in [6, 6.07) is 1.67. The van der Waals surface area contributed by atoms with Crippen LogP contribution in [0.4, 0.5) is 0 Å². The van der Waals surface area contributed by atoms with E-state index in [1.54, 1.807) is 0 Å². The van der Waals surface area contributed by atoms with Crippen molar-refractivity contribution >= 4 is 0 Å². The lowest BCUT2D eigenvalue weighted by molar-refractivity contribution is 0.142. The first kappa shape index (κ1) is 15.3. The third-order valence-corrected chi connectivity index (χ3v) is 5.31. The van der Waals surface area contributed by atoms with Crippen LogP contribution in [0, 0.1) is 5.92 Å². The maximum atomic E-state index is 3.75. The van der Waals surface area contributed by atoms with E-state index in [1.165, 1.54) is 77.4 Å². The third kappa shape index (κ3) is 4.75. The Morgan fingerprint density at radius 1 is 1.00 bits per heavy atom. The molecule has 1 saturated carbocycles. The second-order valence-electron chi connectivity index (χ2n) is 6.71. The molecule has 1 saturated heterocycles. The fourth-order valence-corrected chi connectivity index (χ4v) is 3.99. The number of likely N-dealkylation sites (tertiary alicyclic amines) is 1. The Morgan fingerprint density at radius 2 is 1.89 bits per heavy atom. The second-order valence-corrected chi connectivity index (χ2v) is 6.71. The van der Waals surface area contributed by atoms with E-state index in [1.807, 2.05) is 0 Å². The topological polar surface area (TPSA) is 15.3 Å². The largest absolute Gasteiger partial charge is 0.314 e. The zero-order valence-corrected chi connectivity index (χ0v) is 13.2. The molecule has 2 heteroatoms. The maximum absolute atomic E-state index is 3.75. The highest BCUT2D eigenvalue weighted by Crippen LogP contribution is 2.27. The summed E-state index contributed by atoms with van der Waals surface area (Å²) in [7, 11) is 0. The number of rotatable bonds is 5. The Balaban J connectivity index is 1.79. The van der Waals surface area contributed by atoms with Gasteiger partial charge in [0.25, 0.3) is 0 Å². The van der Waals surface area contributed by atoms with Gasteiger partial charge in [0.1, 0.15) is 0 Å². The van der Waals surface area contributed by atoms with E-state index in [-0.39, 0.29) is 0 Å². The molecular formula is C17H34N2. The minimum atomic E-state index is 0.795. The molecule has 0 aromatic rings. The highest BCUT2D eigenvalue weighted by molar-refractivity contribution is 4.85. The number of nitrogens with zero attached hydrogens (tertiary/aromatic N) is 1. The minimum absolute atomic E-state index is 0.795. The third-order valence-electron chi connectivity index (χ3n) is 5.31. The summed E-state index contributed by atoms with van der Waals surface area (Å²) in [6.07, 6.45) is 12.7. The quantitative estimate of drug-likeness (QED) is 0.814. The normalized spacial score (nSPS) is 34.1. The van der Waals surface area contributed by atoms with Crippen molar-refractivity contribution in [2.24, 2.45) is 5.92 Å². The SMILES string of the molecule is CCCNC1CCCC(N2CCCC(CC)CC2)C1. The lowest BCUT2D eigenvalue weighted by Crippen LogP contribution is -2.45. The zero-order valence-electron chi connectivity index (χ0n) is 13.2. The summed E-state index contributed by atoms with van der Waals surface area (Å²) in [5, 5.41) is 3.75. The number of hydrogen-bond donors (Lipinski definition) is 1. The van der Waals surface area contributed by atoms with E-state index in [0.29, 0.717) is 0 Å². The molecule has 0 radical (unpaired) electrons.